The molecule has 1 saturated heterocycles. The van der Waals surface area contributed by atoms with E-state index < -0.39 is 15.8 Å². The van der Waals surface area contributed by atoms with Crippen LogP contribution in [0, 0.1) is 5.82 Å². The van der Waals surface area contributed by atoms with Gasteiger partial charge in [-0.05, 0) is 42.5 Å². The minimum atomic E-state index is -4.01. The lowest BCUT2D eigenvalue weighted by Crippen LogP contribution is -2.40. The van der Waals surface area contributed by atoms with Crippen LogP contribution in [0.25, 0.3) is 0 Å². The molecule has 32 heavy (non-hydrogen) atoms. The molecule has 1 aliphatic heterocycles. The Bertz CT molecular complexity index is 1070. The molecule has 0 spiro atoms. The van der Waals surface area contributed by atoms with E-state index in [4.69, 9.17) is 9.47 Å². The summed E-state index contributed by atoms with van der Waals surface area (Å²) < 4.78 is 51.1. The van der Waals surface area contributed by atoms with Gasteiger partial charge in [0.25, 0.3) is 10.0 Å². The quantitative estimate of drug-likeness (QED) is 0.618. The summed E-state index contributed by atoms with van der Waals surface area (Å²) in [6.07, 6.45) is 0.0465. The fourth-order valence-electron chi connectivity index (χ4n) is 3.10. The summed E-state index contributed by atoms with van der Waals surface area (Å²) in [6, 6.07) is 8.82. The second-order valence-corrected chi connectivity index (χ2v) is 8.70. The molecular weight excluding hydrogens is 441 g/mol. The molecule has 1 aliphatic rings. The fourth-order valence-corrected chi connectivity index (χ4v) is 4.16. The number of ether oxygens (including phenoxy) is 2. The molecule has 2 aromatic rings. The minimum Gasteiger partial charge on any atom is -0.495 e. The normalized spacial score (nSPS) is 14.0. The summed E-state index contributed by atoms with van der Waals surface area (Å²) >= 11 is 0. The van der Waals surface area contributed by atoms with Gasteiger partial charge in [-0.25, -0.2) is 12.8 Å². The van der Waals surface area contributed by atoms with Crippen molar-refractivity contribution in [3.8, 4) is 5.75 Å². The lowest BCUT2D eigenvalue weighted by molar-refractivity contribution is -0.136. The van der Waals surface area contributed by atoms with Gasteiger partial charge in [-0.3, -0.25) is 14.3 Å². The highest BCUT2D eigenvalue weighted by Gasteiger charge is 2.19. The third kappa shape index (κ3) is 6.17. The number of nitrogens with zero attached hydrogens (tertiary/aromatic N) is 1. The van der Waals surface area contributed by atoms with Crippen LogP contribution in [0.15, 0.2) is 47.4 Å². The van der Waals surface area contributed by atoms with Crippen LogP contribution in [0.3, 0.4) is 0 Å². The highest BCUT2D eigenvalue weighted by Crippen LogP contribution is 2.30. The number of amides is 2. The molecule has 11 heteroatoms. The van der Waals surface area contributed by atoms with Crippen molar-refractivity contribution in [2.45, 2.75) is 17.7 Å². The minimum absolute atomic E-state index is 0.0150. The molecule has 9 nitrogen and oxygen atoms in total. The first-order valence-electron chi connectivity index (χ1n) is 9.90. The number of nitrogens with one attached hydrogen (secondary N) is 2. The Kier molecular flexibility index (Phi) is 7.65. The Labute approximate surface area is 185 Å². The molecule has 0 unspecified atom stereocenters. The van der Waals surface area contributed by atoms with E-state index in [2.05, 4.69) is 10.0 Å². The molecule has 2 N–H and O–H groups in total. The SMILES string of the molecule is COc1ccc(NC(=O)CCC(=O)N2CCOCC2)cc1NS(=O)(=O)c1ccc(F)cc1. The van der Waals surface area contributed by atoms with E-state index >= 15 is 0 Å². The highest BCUT2D eigenvalue weighted by molar-refractivity contribution is 7.92. The van der Waals surface area contributed by atoms with Gasteiger partial charge >= 0.3 is 0 Å². The van der Waals surface area contributed by atoms with Gasteiger partial charge in [-0.2, -0.15) is 0 Å². The third-order valence-corrected chi connectivity index (χ3v) is 6.16. The molecule has 0 aliphatic carbocycles. The molecule has 0 radical (unpaired) electrons. The van der Waals surface area contributed by atoms with Crippen molar-refractivity contribution in [2.75, 3.05) is 43.5 Å². The summed E-state index contributed by atoms with van der Waals surface area (Å²) in [5.74, 6) is -0.829. The first-order valence-corrected chi connectivity index (χ1v) is 11.4. The first-order chi connectivity index (χ1) is 15.3. The largest absolute Gasteiger partial charge is 0.495 e. The Morgan fingerprint density at radius 3 is 2.44 bits per heavy atom. The van der Waals surface area contributed by atoms with E-state index in [9.17, 15) is 22.4 Å². The van der Waals surface area contributed by atoms with E-state index in [-0.39, 0.29) is 41.0 Å². The van der Waals surface area contributed by atoms with E-state index in [0.717, 1.165) is 24.3 Å². The van der Waals surface area contributed by atoms with Crippen LogP contribution in [0.5, 0.6) is 5.75 Å². The molecule has 0 bridgehead atoms. The average Bonchev–Trinajstić information content (AvgIpc) is 2.78. The second-order valence-electron chi connectivity index (χ2n) is 7.02. The van der Waals surface area contributed by atoms with Gasteiger partial charge in [-0.15, -0.1) is 0 Å². The van der Waals surface area contributed by atoms with Gasteiger partial charge in [0, 0.05) is 31.6 Å². The van der Waals surface area contributed by atoms with Crippen molar-refractivity contribution in [3.63, 3.8) is 0 Å². The zero-order valence-corrected chi connectivity index (χ0v) is 18.3. The smallest absolute Gasteiger partial charge is 0.262 e. The summed E-state index contributed by atoms with van der Waals surface area (Å²) in [7, 11) is -2.64. The highest BCUT2D eigenvalue weighted by atomic mass is 32.2. The molecular formula is C21H24FN3O6S. The number of anilines is 2. The third-order valence-electron chi connectivity index (χ3n) is 4.78. The predicted molar refractivity (Wildman–Crippen MR) is 115 cm³/mol. The van der Waals surface area contributed by atoms with E-state index in [0.29, 0.717) is 32.0 Å². The number of carbonyl (C=O) groups excluding carboxylic acids is 2. The number of hydrogen-bond donors (Lipinski definition) is 2. The molecule has 0 saturated carbocycles. The number of methoxy groups -OCH3 is 1. The van der Waals surface area contributed by atoms with Crippen molar-refractivity contribution < 1.29 is 31.9 Å². The van der Waals surface area contributed by atoms with E-state index in [1.807, 2.05) is 0 Å². The molecule has 1 fully saturated rings. The number of sulfonamides is 1. The standard InChI is InChI=1S/C21H24FN3O6S/c1-30-19-7-4-16(23-20(26)8-9-21(27)25-10-12-31-13-11-25)14-18(19)24-32(28,29)17-5-2-15(22)3-6-17/h2-7,14,24H,8-13H2,1H3,(H,23,26). The number of hydrogen-bond acceptors (Lipinski definition) is 6. The van der Waals surface area contributed by atoms with Gasteiger partial charge in [0.05, 0.1) is 30.9 Å². The lowest BCUT2D eigenvalue weighted by Gasteiger charge is -2.26. The van der Waals surface area contributed by atoms with Gasteiger partial charge < -0.3 is 19.7 Å². The Balaban J connectivity index is 1.65. The summed E-state index contributed by atoms with van der Waals surface area (Å²) in [6.45, 7) is 1.99. The topological polar surface area (TPSA) is 114 Å². The maximum absolute atomic E-state index is 13.1. The summed E-state index contributed by atoms with van der Waals surface area (Å²) in [5.41, 5.74) is 0.422. The van der Waals surface area contributed by atoms with Crippen molar-refractivity contribution in [2.24, 2.45) is 0 Å². The molecule has 2 amide bonds. The van der Waals surface area contributed by atoms with Crippen molar-refractivity contribution >= 4 is 33.2 Å². The maximum atomic E-state index is 13.1. The average molecular weight is 466 g/mol. The molecule has 1 heterocycles. The van der Waals surface area contributed by atoms with Crippen molar-refractivity contribution in [1.29, 1.82) is 0 Å². The van der Waals surface area contributed by atoms with Crippen LogP contribution in [0.2, 0.25) is 0 Å². The molecule has 0 atom stereocenters. The van der Waals surface area contributed by atoms with Crippen molar-refractivity contribution in [3.05, 3.63) is 48.3 Å². The molecule has 0 aromatic heterocycles. The second kappa shape index (κ2) is 10.4. The number of rotatable bonds is 8. The Morgan fingerprint density at radius 1 is 1.09 bits per heavy atom. The number of morpholine rings is 1. The maximum Gasteiger partial charge on any atom is 0.262 e. The zero-order valence-electron chi connectivity index (χ0n) is 17.5. The molecule has 2 aromatic carbocycles. The summed E-state index contributed by atoms with van der Waals surface area (Å²) in [5, 5.41) is 2.65. The molecule has 3 rings (SSSR count). The van der Waals surface area contributed by atoms with Crippen LogP contribution in [-0.2, 0) is 24.3 Å². The summed E-state index contributed by atoms with van der Waals surface area (Å²) in [4.78, 5) is 26.0. The van der Waals surface area contributed by atoms with Crippen LogP contribution >= 0.6 is 0 Å². The van der Waals surface area contributed by atoms with Crippen LogP contribution in [-0.4, -0.2) is 58.5 Å². The Morgan fingerprint density at radius 2 is 1.78 bits per heavy atom. The van der Waals surface area contributed by atoms with Crippen LogP contribution in [0.1, 0.15) is 12.8 Å². The van der Waals surface area contributed by atoms with Gasteiger partial charge in [0.1, 0.15) is 11.6 Å². The van der Waals surface area contributed by atoms with E-state index in [1.54, 1.807) is 11.0 Å². The van der Waals surface area contributed by atoms with Gasteiger partial charge in [-0.1, -0.05) is 0 Å². The monoisotopic (exact) mass is 465 g/mol. The van der Waals surface area contributed by atoms with Gasteiger partial charge in [0.2, 0.25) is 11.8 Å². The zero-order chi connectivity index (χ0) is 23.1. The molecule has 172 valence electrons. The Hall–Kier alpha value is -3.18. The van der Waals surface area contributed by atoms with Crippen LogP contribution < -0.4 is 14.8 Å². The number of carbonyl (C=O) groups is 2. The first kappa shape index (κ1) is 23.5. The van der Waals surface area contributed by atoms with Crippen molar-refractivity contribution in [1.82, 2.24) is 4.90 Å². The number of halogens is 1. The fraction of sp³-hybridized carbons (Fsp3) is 0.333. The lowest BCUT2D eigenvalue weighted by atomic mass is 10.2. The van der Waals surface area contributed by atoms with Gasteiger partial charge in [0.15, 0.2) is 0 Å². The van der Waals surface area contributed by atoms with Crippen LogP contribution in [0.4, 0.5) is 15.8 Å². The number of benzene rings is 2. The predicted octanol–water partition coefficient (Wildman–Crippen LogP) is 2.21. The van der Waals surface area contributed by atoms with E-state index in [1.165, 1.54) is 19.2 Å².